The van der Waals surface area contributed by atoms with Crippen molar-refractivity contribution in [1.29, 1.82) is 5.26 Å². The van der Waals surface area contributed by atoms with Crippen molar-refractivity contribution in [3.8, 4) is 6.07 Å². The summed E-state index contributed by atoms with van der Waals surface area (Å²) in [4.78, 5) is 26.2. The first kappa shape index (κ1) is 18.9. The molecule has 0 bridgehead atoms. The minimum atomic E-state index is -0.377. The zero-order valence-electron chi connectivity index (χ0n) is 13.9. The second-order valence-corrected chi connectivity index (χ2v) is 5.26. The van der Waals surface area contributed by atoms with Crippen LogP contribution < -0.4 is 16.2 Å². The minimum Gasteiger partial charge on any atom is -0.383 e. The smallest absolute Gasteiger partial charge is 0.266 e. The van der Waals surface area contributed by atoms with E-state index >= 15 is 0 Å². The molecule has 0 radical (unpaired) electrons. The third kappa shape index (κ3) is 5.85. The number of carbonyl (C=O) groups excluding carboxylic acids is 1. The number of aromatic nitrogens is 1. The molecule has 0 aliphatic carbocycles. The molecule has 1 heterocycles. The average molecular weight is 320 g/mol. The number of rotatable bonds is 9. The van der Waals surface area contributed by atoms with Crippen molar-refractivity contribution in [2.24, 2.45) is 0 Å². The molecule has 1 rings (SSSR count). The lowest BCUT2D eigenvalue weighted by Gasteiger charge is -2.11. The van der Waals surface area contributed by atoms with Crippen LogP contribution in [-0.4, -0.2) is 44.2 Å². The summed E-state index contributed by atoms with van der Waals surface area (Å²) in [6, 6.07) is 1.91. The number of H-pyrrole nitrogens is 1. The fraction of sp³-hybridized carbons (Fsp3) is 0.562. The van der Waals surface area contributed by atoms with Gasteiger partial charge < -0.3 is 20.4 Å². The standard InChI is InChI=1S/C16H24N4O3/c1-11-13(12(2)20-16(22)14(11)10-17)4-5-15(21)19-7-6-18-8-9-23-3/h18H,4-9H2,1-3H3,(H,19,21)(H,20,22). The fourth-order valence-electron chi connectivity index (χ4n) is 2.34. The number of amides is 1. The highest BCUT2D eigenvalue weighted by Crippen LogP contribution is 2.14. The lowest BCUT2D eigenvalue weighted by molar-refractivity contribution is -0.121. The summed E-state index contributed by atoms with van der Waals surface area (Å²) in [6.07, 6.45) is 0.808. The predicted molar refractivity (Wildman–Crippen MR) is 87.3 cm³/mol. The van der Waals surface area contributed by atoms with Gasteiger partial charge in [0.05, 0.1) is 6.61 Å². The van der Waals surface area contributed by atoms with Crippen molar-refractivity contribution in [3.63, 3.8) is 0 Å². The molecule has 0 atom stereocenters. The molecule has 7 heteroatoms. The minimum absolute atomic E-state index is 0.0537. The van der Waals surface area contributed by atoms with Crippen LogP contribution in [0.25, 0.3) is 0 Å². The third-order valence-corrected chi connectivity index (χ3v) is 3.63. The second kappa shape index (κ2) is 9.77. The van der Waals surface area contributed by atoms with E-state index in [2.05, 4.69) is 15.6 Å². The fourth-order valence-corrected chi connectivity index (χ4v) is 2.34. The lowest BCUT2D eigenvalue weighted by atomic mass is 9.99. The first-order valence-electron chi connectivity index (χ1n) is 7.60. The SMILES string of the molecule is COCCNCCNC(=O)CCc1c(C)[nH]c(=O)c(C#N)c1C. The lowest BCUT2D eigenvalue weighted by Crippen LogP contribution is -2.33. The summed E-state index contributed by atoms with van der Waals surface area (Å²) in [6.45, 7) is 6.15. The van der Waals surface area contributed by atoms with Gasteiger partial charge in [-0.25, -0.2) is 0 Å². The summed E-state index contributed by atoms with van der Waals surface area (Å²) in [5.41, 5.74) is 1.96. The van der Waals surface area contributed by atoms with Crippen LogP contribution in [0.2, 0.25) is 0 Å². The van der Waals surface area contributed by atoms with Crippen molar-refractivity contribution < 1.29 is 9.53 Å². The van der Waals surface area contributed by atoms with Gasteiger partial charge in [0.15, 0.2) is 0 Å². The van der Waals surface area contributed by atoms with E-state index in [0.717, 1.165) is 12.1 Å². The average Bonchev–Trinajstić information content (AvgIpc) is 2.50. The first-order chi connectivity index (χ1) is 11.0. The van der Waals surface area contributed by atoms with E-state index in [9.17, 15) is 9.59 Å². The second-order valence-electron chi connectivity index (χ2n) is 5.26. The largest absolute Gasteiger partial charge is 0.383 e. The van der Waals surface area contributed by atoms with Gasteiger partial charge in [0.2, 0.25) is 5.91 Å². The number of carbonyl (C=O) groups is 1. The van der Waals surface area contributed by atoms with Crippen LogP contribution in [0.1, 0.15) is 28.8 Å². The molecule has 1 aromatic heterocycles. The van der Waals surface area contributed by atoms with Crippen molar-refractivity contribution in [2.75, 3.05) is 33.4 Å². The number of ether oxygens (including phenoxy) is 1. The van der Waals surface area contributed by atoms with Crippen LogP contribution in [0.15, 0.2) is 4.79 Å². The molecule has 7 nitrogen and oxygen atoms in total. The number of hydrogen-bond acceptors (Lipinski definition) is 5. The van der Waals surface area contributed by atoms with Gasteiger partial charge >= 0.3 is 0 Å². The van der Waals surface area contributed by atoms with Crippen LogP contribution in [0.5, 0.6) is 0 Å². The van der Waals surface area contributed by atoms with Crippen LogP contribution in [0.3, 0.4) is 0 Å². The van der Waals surface area contributed by atoms with E-state index < -0.39 is 0 Å². The molecular weight excluding hydrogens is 296 g/mol. The van der Waals surface area contributed by atoms with Crippen molar-refractivity contribution >= 4 is 5.91 Å². The van der Waals surface area contributed by atoms with E-state index in [1.807, 2.05) is 6.07 Å². The Morgan fingerprint density at radius 2 is 2.04 bits per heavy atom. The Hall–Kier alpha value is -2.17. The highest BCUT2D eigenvalue weighted by Gasteiger charge is 2.13. The summed E-state index contributed by atoms with van der Waals surface area (Å²) >= 11 is 0. The predicted octanol–water partition coefficient (Wildman–Crippen LogP) is 0.148. The molecule has 126 valence electrons. The van der Waals surface area contributed by atoms with Gasteiger partial charge in [-0.2, -0.15) is 5.26 Å². The summed E-state index contributed by atoms with van der Waals surface area (Å²) in [5.74, 6) is -0.0537. The number of methoxy groups -OCH3 is 1. The number of aromatic amines is 1. The van der Waals surface area contributed by atoms with Gasteiger partial charge in [0, 0.05) is 38.9 Å². The van der Waals surface area contributed by atoms with Crippen molar-refractivity contribution in [2.45, 2.75) is 26.7 Å². The van der Waals surface area contributed by atoms with Crippen molar-refractivity contribution in [3.05, 3.63) is 32.7 Å². The Morgan fingerprint density at radius 1 is 1.30 bits per heavy atom. The van der Waals surface area contributed by atoms with E-state index in [1.165, 1.54) is 0 Å². The van der Waals surface area contributed by atoms with E-state index in [-0.39, 0.29) is 17.0 Å². The van der Waals surface area contributed by atoms with Gasteiger partial charge in [-0.3, -0.25) is 9.59 Å². The monoisotopic (exact) mass is 320 g/mol. The maximum atomic E-state index is 11.8. The number of hydrogen-bond donors (Lipinski definition) is 3. The molecule has 1 amide bonds. The first-order valence-corrected chi connectivity index (χ1v) is 7.60. The van der Waals surface area contributed by atoms with Gasteiger partial charge in [0.1, 0.15) is 11.6 Å². The summed E-state index contributed by atoms with van der Waals surface area (Å²) in [7, 11) is 1.64. The molecule has 0 saturated heterocycles. The number of nitriles is 1. The number of nitrogens with zero attached hydrogens (tertiary/aromatic N) is 1. The molecule has 3 N–H and O–H groups in total. The number of nitrogens with one attached hydrogen (secondary N) is 3. The molecule has 0 saturated carbocycles. The zero-order chi connectivity index (χ0) is 17.2. The van der Waals surface area contributed by atoms with Crippen LogP contribution in [-0.2, 0) is 16.0 Å². The highest BCUT2D eigenvalue weighted by molar-refractivity contribution is 5.76. The molecule has 0 aliphatic rings. The van der Waals surface area contributed by atoms with Crippen LogP contribution in [0.4, 0.5) is 0 Å². The summed E-state index contributed by atoms with van der Waals surface area (Å²) in [5, 5.41) is 15.0. The van der Waals surface area contributed by atoms with Crippen LogP contribution in [0, 0.1) is 25.2 Å². The summed E-state index contributed by atoms with van der Waals surface area (Å²) < 4.78 is 4.91. The Kier molecular flexibility index (Phi) is 8.02. The molecule has 0 aromatic carbocycles. The molecule has 0 spiro atoms. The molecule has 23 heavy (non-hydrogen) atoms. The normalized spacial score (nSPS) is 10.3. The van der Waals surface area contributed by atoms with Crippen molar-refractivity contribution in [1.82, 2.24) is 15.6 Å². The Balaban J connectivity index is 2.48. The Morgan fingerprint density at radius 3 is 2.70 bits per heavy atom. The zero-order valence-corrected chi connectivity index (χ0v) is 13.9. The molecule has 0 unspecified atom stereocenters. The number of pyridine rings is 1. The Labute approximate surface area is 136 Å². The van der Waals surface area contributed by atoms with Crippen LogP contribution >= 0.6 is 0 Å². The Bertz CT molecular complexity index is 631. The molecule has 0 aliphatic heterocycles. The quantitative estimate of drug-likeness (QED) is 0.561. The van der Waals surface area contributed by atoms with Gasteiger partial charge in [0.25, 0.3) is 5.56 Å². The van der Waals surface area contributed by atoms with E-state index in [1.54, 1.807) is 21.0 Å². The highest BCUT2D eigenvalue weighted by atomic mass is 16.5. The molecule has 0 fully saturated rings. The molecular formula is C16H24N4O3. The van der Waals surface area contributed by atoms with E-state index in [0.29, 0.717) is 43.8 Å². The topological polar surface area (TPSA) is 107 Å². The number of aryl methyl sites for hydroxylation is 1. The third-order valence-electron chi connectivity index (χ3n) is 3.63. The van der Waals surface area contributed by atoms with Gasteiger partial charge in [-0.05, 0) is 31.4 Å². The maximum absolute atomic E-state index is 11.8. The van der Waals surface area contributed by atoms with E-state index in [4.69, 9.17) is 10.00 Å². The molecule has 1 aromatic rings. The maximum Gasteiger partial charge on any atom is 0.266 e. The van der Waals surface area contributed by atoms with Gasteiger partial charge in [-0.15, -0.1) is 0 Å². The van der Waals surface area contributed by atoms with Gasteiger partial charge in [-0.1, -0.05) is 0 Å².